The van der Waals surface area contributed by atoms with Crippen molar-refractivity contribution < 1.29 is 4.39 Å². The Morgan fingerprint density at radius 1 is 1.25 bits per heavy atom. The van der Waals surface area contributed by atoms with Crippen molar-refractivity contribution in [1.82, 2.24) is 0 Å². The first-order valence-corrected chi connectivity index (χ1v) is 4.24. The quantitative estimate of drug-likeness (QED) is 0.688. The van der Waals surface area contributed by atoms with E-state index < -0.39 is 6.67 Å². The van der Waals surface area contributed by atoms with Gasteiger partial charge in [-0.2, -0.15) is 0 Å². The molecule has 1 aromatic carbocycles. The fourth-order valence-corrected chi connectivity index (χ4v) is 1.44. The Balaban J connectivity index is 3.00. The van der Waals surface area contributed by atoms with Crippen LogP contribution in [0.15, 0.2) is 18.2 Å². The summed E-state index contributed by atoms with van der Waals surface area (Å²) in [5, 5.41) is 1.03. The van der Waals surface area contributed by atoms with Gasteiger partial charge < -0.3 is 0 Å². The monoisotopic (exact) mass is 205 g/mol. The van der Waals surface area contributed by atoms with Gasteiger partial charge in [0.1, 0.15) is 0 Å². The second kappa shape index (κ2) is 4.11. The van der Waals surface area contributed by atoms with Gasteiger partial charge in [0.05, 0.1) is 6.67 Å². The Morgan fingerprint density at radius 3 is 2.17 bits per heavy atom. The molecular weight excluding hydrogens is 198 g/mol. The van der Waals surface area contributed by atoms with Gasteiger partial charge in [-0.05, 0) is 30.7 Å². The number of alkyl halides is 1. The highest BCUT2D eigenvalue weighted by Crippen LogP contribution is 2.24. The average molecular weight is 206 g/mol. The third kappa shape index (κ3) is 2.36. The van der Waals surface area contributed by atoms with E-state index >= 15 is 0 Å². The van der Waals surface area contributed by atoms with Crippen LogP contribution in [0.2, 0.25) is 10.0 Å². The first-order chi connectivity index (χ1) is 5.63. The molecule has 0 bridgehead atoms. The molecule has 0 amide bonds. The summed E-state index contributed by atoms with van der Waals surface area (Å²) in [6.45, 7) is 3.11. The number of benzene rings is 1. The minimum absolute atomic E-state index is 0.388. The fourth-order valence-electron chi connectivity index (χ4n) is 0.900. The maximum Gasteiger partial charge on any atom is 0.0962 e. The Bertz CT molecular complexity index is 253. The van der Waals surface area contributed by atoms with Crippen LogP contribution in [-0.2, 0) is 0 Å². The van der Waals surface area contributed by atoms with Crippen LogP contribution in [0.25, 0.3) is 0 Å². The van der Waals surface area contributed by atoms with Crippen molar-refractivity contribution in [3.8, 4) is 0 Å². The van der Waals surface area contributed by atoms with Crippen LogP contribution in [-0.4, -0.2) is 6.67 Å². The topological polar surface area (TPSA) is 0 Å². The van der Waals surface area contributed by atoms with E-state index in [2.05, 4.69) is 6.92 Å². The largest absolute Gasteiger partial charge is 0.250 e. The summed E-state index contributed by atoms with van der Waals surface area (Å²) in [5.41, 5.74) is 0.731. The van der Waals surface area contributed by atoms with Gasteiger partial charge in [-0.15, -0.1) is 0 Å². The Kier molecular flexibility index (Phi) is 3.36. The lowest BCUT2D eigenvalue weighted by Gasteiger charge is -2.07. The Hall–Kier alpha value is -0.270. The lowest BCUT2D eigenvalue weighted by atomic mass is 10.0. The highest BCUT2D eigenvalue weighted by Gasteiger charge is 2.06. The molecule has 0 saturated heterocycles. The molecule has 0 spiro atoms. The van der Waals surface area contributed by atoms with E-state index in [1.165, 1.54) is 0 Å². The third-order valence-electron chi connectivity index (χ3n) is 1.54. The smallest absolute Gasteiger partial charge is 0.0962 e. The number of hydrogen-bond donors (Lipinski definition) is 0. The van der Waals surface area contributed by atoms with E-state index in [0.717, 1.165) is 5.56 Å². The summed E-state index contributed by atoms with van der Waals surface area (Å²) in [6, 6.07) is 4.95. The summed E-state index contributed by atoms with van der Waals surface area (Å²) < 4.78 is 12.2. The molecule has 3 heteroatoms. The van der Waals surface area contributed by atoms with Crippen LogP contribution in [0, 0.1) is 6.92 Å². The van der Waals surface area contributed by atoms with Gasteiger partial charge in [0.15, 0.2) is 0 Å². The van der Waals surface area contributed by atoms with Gasteiger partial charge in [0.2, 0.25) is 0 Å². The molecule has 0 N–H and O–H groups in total. The third-order valence-corrected chi connectivity index (χ3v) is 1.98. The molecule has 0 saturated carbocycles. The van der Waals surface area contributed by atoms with Crippen molar-refractivity contribution in [2.24, 2.45) is 0 Å². The predicted molar refractivity (Wildman–Crippen MR) is 50.5 cm³/mol. The summed E-state index contributed by atoms with van der Waals surface area (Å²) >= 11 is 11.4. The minimum atomic E-state index is -0.503. The van der Waals surface area contributed by atoms with E-state index in [0.29, 0.717) is 10.0 Å². The minimum Gasteiger partial charge on any atom is -0.250 e. The molecule has 0 heterocycles. The molecule has 1 radical (unpaired) electrons. The zero-order valence-corrected chi connectivity index (χ0v) is 7.87. The van der Waals surface area contributed by atoms with Crippen LogP contribution in [0.3, 0.4) is 0 Å². The van der Waals surface area contributed by atoms with Crippen molar-refractivity contribution >= 4 is 23.2 Å². The van der Waals surface area contributed by atoms with E-state index in [9.17, 15) is 4.39 Å². The van der Waals surface area contributed by atoms with Crippen molar-refractivity contribution in [2.45, 2.75) is 5.92 Å². The Morgan fingerprint density at radius 2 is 1.75 bits per heavy atom. The lowest BCUT2D eigenvalue weighted by molar-refractivity contribution is 0.465. The average Bonchev–Trinajstić information content (AvgIpc) is 2.01. The van der Waals surface area contributed by atoms with Gasteiger partial charge in [-0.3, -0.25) is 4.39 Å². The van der Waals surface area contributed by atoms with Crippen LogP contribution in [0.4, 0.5) is 4.39 Å². The Labute approximate surface area is 81.3 Å². The normalized spacial score (nSPS) is 13.0. The molecule has 0 nitrogen and oxygen atoms in total. The van der Waals surface area contributed by atoms with Crippen LogP contribution >= 0.6 is 23.2 Å². The lowest BCUT2D eigenvalue weighted by Crippen LogP contribution is -1.95. The second-order valence-electron chi connectivity index (χ2n) is 2.55. The molecule has 1 aromatic rings. The van der Waals surface area contributed by atoms with Gasteiger partial charge in [0.25, 0.3) is 0 Å². The molecular formula is C9H8Cl2F. The highest BCUT2D eigenvalue weighted by molar-refractivity contribution is 6.34. The summed E-state index contributed by atoms with van der Waals surface area (Å²) in [6.07, 6.45) is 0. The highest BCUT2D eigenvalue weighted by atomic mass is 35.5. The molecule has 0 aliphatic carbocycles. The SMILES string of the molecule is [CH2]C(CF)c1cc(Cl)cc(Cl)c1. The van der Waals surface area contributed by atoms with E-state index in [4.69, 9.17) is 23.2 Å². The van der Waals surface area contributed by atoms with E-state index in [1.54, 1.807) is 18.2 Å². The standard InChI is InChI=1S/C9H8Cl2F/c1-6(5-12)7-2-8(10)4-9(11)3-7/h2-4,6H,1,5H2. The van der Waals surface area contributed by atoms with Crippen LogP contribution < -0.4 is 0 Å². The zero-order valence-electron chi connectivity index (χ0n) is 6.36. The predicted octanol–water partition coefficient (Wildman–Crippen LogP) is 3.88. The maximum absolute atomic E-state index is 12.2. The summed E-state index contributed by atoms with van der Waals surface area (Å²) in [5.74, 6) is -0.388. The maximum atomic E-state index is 12.2. The van der Waals surface area contributed by atoms with Gasteiger partial charge in [-0.1, -0.05) is 23.2 Å². The molecule has 0 aliphatic heterocycles. The van der Waals surface area contributed by atoms with Gasteiger partial charge in [0, 0.05) is 16.0 Å². The van der Waals surface area contributed by atoms with Crippen molar-refractivity contribution in [3.05, 3.63) is 40.7 Å². The van der Waals surface area contributed by atoms with Crippen LogP contribution in [0.5, 0.6) is 0 Å². The van der Waals surface area contributed by atoms with Crippen molar-refractivity contribution in [3.63, 3.8) is 0 Å². The second-order valence-corrected chi connectivity index (χ2v) is 3.43. The first kappa shape index (κ1) is 9.82. The molecule has 1 atom stereocenters. The summed E-state index contributed by atoms with van der Waals surface area (Å²) in [7, 11) is 0. The number of halogens is 3. The molecule has 0 aromatic heterocycles. The zero-order chi connectivity index (χ0) is 9.14. The molecule has 65 valence electrons. The van der Waals surface area contributed by atoms with Crippen molar-refractivity contribution in [2.75, 3.05) is 6.67 Å². The van der Waals surface area contributed by atoms with E-state index in [1.807, 2.05) is 0 Å². The molecule has 0 aliphatic rings. The molecule has 12 heavy (non-hydrogen) atoms. The van der Waals surface area contributed by atoms with Gasteiger partial charge >= 0.3 is 0 Å². The van der Waals surface area contributed by atoms with Crippen molar-refractivity contribution in [1.29, 1.82) is 0 Å². The molecule has 1 rings (SSSR count). The van der Waals surface area contributed by atoms with Crippen LogP contribution in [0.1, 0.15) is 11.5 Å². The summed E-state index contributed by atoms with van der Waals surface area (Å²) in [4.78, 5) is 0. The first-order valence-electron chi connectivity index (χ1n) is 3.48. The van der Waals surface area contributed by atoms with E-state index in [-0.39, 0.29) is 5.92 Å². The number of hydrogen-bond acceptors (Lipinski definition) is 0. The number of rotatable bonds is 2. The molecule has 1 unspecified atom stereocenters. The van der Waals surface area contributed by atoms with Gasteiger partial charge in [-0.25, -0.2) is 0 Å². The fraction of sp³-hybridized carbons (Fsp3) is 0.222. The molecule has 0 fully saturated rings.